The summed E-state index contributed by atoms with van der Waals surface area (Å²) in [5.41, 5.74) is -1.08. The van der Waals surface area contributed by atoms with E-state index in [4.69, 9.17) is 4.55 Å². The third-order valence-electron chi connectivity index (χ3n) is 1.35. The summed E-state index contributed by atoms with van der Waals surface area (Å²) in [5.74, 6) is -0.666. The molecule has 3 nitrogen and oxygen atoms in total. The SMILES string of the molecule is O=S(O)Oc1ccccc1C(F)(F)F. The first kappa shape index (κ1) is 11.0. The second-order valence-electron chi connectivity index (χ2n) is 2.29. The van der Waals surface area contributed by atoms with Crippen molar-refractivity contribution in [2.45, 2.75) is 6.18 Å². The molecule has 0 saturated carbocycles. The molecular weight excluding hydrogens is 221 g/mol. The molecule has 0 aliphatic heterocycles. The molecule has 7 heteroatoms. The Balaban J connectivity index is 3.10. The van der Waals surface area contributed by atoms with Crippen LogP contribution in [0.4, 0.5) is 13.2 Å². The van der Waals surface area contributed by atoms with E-state index < -0.39 is 28.9 Å². The van der Waals surface area contributed by atoms with Crippen molar-refractivity contribution in [1.29, 1.82) is 0 Å². The van der Waals surface area contributed by atoms with Gasteiger partial charge in [0.05, 0.1) is 5.56 Å². The van der Waals surface area contributed by atoms with Crippen LogP contribution in [0.2, 0.25) is 0 Å². The lowest BCUT2D eigenvalue weighted by atomic mass is 10.2. The Kier molecular flexibility index (Phi) is 3.12. The molecule has 1 N–H and O–H groups in total. The molecule has 0 amide bonds. The van der Waals surface area contributed by atoms with Crippen LogP contribution in [0.25, 0.3) is 0 Å². The number of benzene rings is 1. The van der Waals surface area contributed by atoms with Crippen LogP contribution in [-0.4, -0.2) is 8.76 Å². The van der Waals surface area contributed by atoms with Gasteiger partial charge in [0.1, 0.15) is 0 Å². The van der Waals surface area contributed by atoms with Crippen LogP contribution in [-0.2, 0) is 17.5 Å². The molecule has 14 heavy (non-hydrogen) atoms. The lowest BCUT2D eigenvalue weighted by molar-refractivity contribution is -0.138. The van der Waals surface area contributed by atoms with Gasteiger partial charge in [-0.1, -0.05) is 12.1 Å². The summed E-state index contributed by atoms with van der Waals surface area (Å²) >= 11 is -2.76. The zero-order chi connectivity index (χ0) is 10.8. The van der Waals surface area contributed by atoms with Crippen molar-refractivity contribution in [2.75, 3.05) is 0 Å². The van der Waals surface area contributed by atoms with E-state index in [1.807, 2.05) is 0 Å². The van der Waals surface area contributed by atoms with Crippen molar-refractivity contribution in [3.05, 3.63) is 29.8 Å². The van der Waals surface area contributed by atoms with Gasteiger partial charge in [0.15, 0.2) is 5.75 Å². The minimum Gasteiger partial charge on any atom is -0.379 e. The minimum atomic E-state index is -4.60. The lowest BCUT2D eigenvalue weighted by Crippen LogP contribution is -2.09. The zero-order valence-corrected chi connectivity index (χ0v) is 7.43. The molecular formula is C7H5F3O3S. The summed E-state index contributed by atoms with van der Waals surface area (Å²) in [6, 6.07) is 4.17. The molecule has 1 rings (SSSR count). The van der Waals surface area contributed by atoms with Crippen LogP contribution in [0, 0.1) is 0 Å². The van der Waals surface area contributed by atoms with Crippen molar-refractivity contribution < 1.29 is 26.1 Å². The summed E-state index contributed by atoms with van der Waals surface area (Å²) < 4.78 is 59.2. The highest BCUT2D eigenvalue weighted by Gasteiger charge is 2.34. The van der Waals surface area contributed by atoms with Gasteiger partial charge in [-0.25, -0.2) is 0 Å². The Morgan fingerprint density at radius 1 is 1.29 bits per heavy atom. The maximum absolute atomic E-state index is 12.2. The van der Waals surface area contributed by atoms with Crippen LogP contribution in [0.1, 0.15) is 5.56 Å². The Hall–Kier alpha value is -1.08. The van der Waals surface area contributed by atoms with E-state index in [1.54, 1.807) is 0 Å². The summed E-state index contributed by atoms with van der Waals surface area (Å²) in [6.45, 7) is 0. The molecule has 0 radical (unpaired) electrons. The molecule has 1 aromatic rings. The maximum atomic E-state index is 12.2. The number of hydrogen-bond acceptors (Lipinski definition) is 2. The summed E-state index contributed by atoms with van der Waals surface area (Å²) in [6.07, 6.45) is -4.60. The van der Waals surface area contributed by atoms with Crippen LogP contribution < -0.4 is 4.18 Å². The van der Waals surface area contributed by atoms with Crippen LogP contribution >= 0.6 is 0 Å². The average molecular weight is 226 g/mol. The molecule has 0 bridgehead atoms. The summed E-state index contributed by atoms with van der Waals surface area (Å²) in [4.78, 5) is 0. The van der Waals surface area contributed by atoms with Gasteiger partial charge in [-0.2, -0.15) is 17.4 Å². The van der Waals surface area contributed by atoms with E-state index in [2.05, 4.69) is 4.18 Å². The lowest BCUT2D eigenvalue weighted by Gasteiger charge is -2.10. The maximum Gasteiger partial charge on any atom is 0.420 e. The van der Waals surface area contributed by atoms with Gasteiger partial charge >= 0.3 is 17.5 Å². The Morgan fingerprint density at radius 2 is 1.86 bits per heavy atom. The standard InChI is InChI=1S/C7H5F3O3S/c8-7(9,10)5-3-1-2-4-6(5)13-14(11)12/h1-4H,(H,11,12). The highest BCUT2D eigenvalue weighted by molar-refractivity contribution is 7.74. The monoisotopic (exact) mass is 226 g/mol. The molecule has 0 aromatic heterocycles. The quantitative estimate of drug-likeness (QED) is 0.786. The van der Waals surface area contributed by atoms with E-state index in [9.17, 15) is 17.4 Å². The van der Waals surface area contributed by atoms with E-state index in [1.165, 1.54) is 6.07 Å². The van der Waals surface area contributed by atoms with Crippen LogP contribution in [0.5, 0.6) is 5.75 Å². The Morgan fingerprint density at radius 3 is 2.36 bits per heavy atom. The Labute approximate surface area is 80.0 Å². The van der Waals surface area contributed by atoms with E-state index >= 15 is 0 Å². The van der Waals surface area contributed by atoms with Gasteiger partial charge in [0.25, 0.3) is 0 Å². The van der Waals surface area contributed by atoms with Crippen LogP contribution in [0.3, 0.4) is 0 Å². The second kappa shape index (κ2) is 3.97. The fraction of sp³-hybridized carbons (Fsp3) is 0.143. The molecule has 0 heterocycles. The number of hydrogen-bond donors (Lipinski definition) is 1. The minimum absolute atomic E-state index is 0.666. The molecule has 0 saturated heterocycles. The first-order chi connectivity index (χ1) is 6.41. The fourth-order valence-electron chi connectivity index (χ4n) is 0.850. The third-order valence-corrected chi connectivity index (χ3v) is 1.68. The highest BCUT2D eigenvalue weighted by atomic mass is 32.2. The topological polar surface area (TPSA) is 46.5 Å². The highest BCUT2D eigenvalue weighted by Crippen LogP contribution is 2.35. The first-order valence-corrected chi connectivity index (χ1v) is 4.40. The molecule has 1 unspecified atom stereocenters. The van der Waals surface area contributed by atoms with Gasteiger partial charge < -0.3 is 4.18 Å². The van der Waals surface area contributed by atoms with Gasteiger partial charge in [-0.3, -0.25) is 4.55 Å². The molecule has 0 aliphatic rings. The van der Waals surface area contributed by atoms with Crippen molar-refractivity contribution in [1.82, 2.24) is 0 Å². The van der Waals surface area contributed by atoms with Crippen LogP contribution in [0.15, 0.2) is 24.3 Å². The smallest absolute Gasteiger partial charge is 0.379 e. The van der Waals surface area contributed by atoms with Crippen molar-refractivity contribution in [3.63, 3.8) is 0 Å². The molecule has 0 fully saturated rings. The van der Waals surface area contributed by atoms with Crippen molar-refractivity contribution in [2.24, 2.45) is 0 Å². The molecule has 78 valence electrons. The first-order valence-electron chi connectivity index (χ1n) is 3.36. The number of alkyl halides is 3. The summed E-state index contributed by atoms with van der Waals surface area (Å²) in [7, 11) is 0. The zero-order valence-electron chi connectivity index (χ0n) is 6.62. The molecule has 1 atom stereocenters. The van der Waals surface area contributed by atoms with E-state index in [0.717, 1.165) is 18.2 Å². The second-order valence-corrected chi connectivity index (χ2v) is 2.90. The average Bonchev–Trinajstić information content (AvgIpc) is 2.01. The van der Waals surface area contributed by atoms with Gasteiger partial charge in [-0.05, 0) is 12.1 Å². The normalized spacial score (nSPS) is 13.7. The predicted octanol–water partition coefficient (Wildman–Crippen LogP) is 2.22. The fourth-order valence-corrected chi connectivity index (χ4v) is 1.15. The van der Waals surface area contributed by atoms with Gasteiger partial charge in [-0.15, -0.1) is 0 Å². The molecule has 0 aliphatic carbocycles. The van der Waals surface area contributed by atoms with Gasteiger partial charge in [0.2, 0.25) is 0 Å². The van der Waals surface area contributed by atoms with E-state index in [0.29, 0.717) is 0 Å². The van der Waals surface area contributed by atoms with Crippen molar-refractivity contribution >= 4 is 11.4 Å². The predicted molar refractivity (Wildman–Crippen MR) is 42.8 cm³/mol. The van der Waals surface area contributed by atoms with Gasteiger partial charge in [0, 0.05) is 0 Å². The van der Waals surface area contributed by atoms with E-state index in [-0.39, 0.29) is 0 Å². The third kappa shape index (κ3) is 2.71. The number of rotatable bonds is 2. The number of para-hydroxylation sites is 1. The number of halogens is 3. The molecule has 0 spiro atoms. The molecule has 1 aromatic carbocycles. The Bertz CT molecular complexity index is 350. The summed E-state index contributed by atoms with van der Waals surface area (Å²) in [5, 5.41) is 0. The largest absolute Gasteiger partial charge is 0.420 e. The van der Waals surface area contributed by atoms with Crippen molar-refractivity contribution in [3.8, 4) is 5.75 Å².